The van der Waals surface area contributed by atoms with E-state index in [2.05, 4.69) is 27.8 Å². The number of aromatic nitrogens is 2. The molecule has 3 aromatic rings. The molecular formula is C36H44BrF3N6O4. The van der Waals surface area contributed by atoms with Gasteiger partial charge in [0.05, 0.1) is 29.5 Å². The van der Waals surface area contributed by atoms with E-state index in [-0.39, 0.29) is 59.2 Å². The Labute approximate surface area is 298 Å². The molecule has 0 radical (unpaired) electrons. The van der Waals surface area contributed by atoms with Crippen LogP contribution in [0.4, 0.5) is 19.1 Å². The van der Waals surface area contributed by atoms with Crippen molar-refractivity contribution < 1.29 is 27.6 Å². The zero-order valence-corrected chi connectivity index (χ0v) is 30.6. The van der Waals surface area contributed by atoms with Crippen molar-refractivity contribution in [3.63, 3.8) is 0 Å². The van der Waals surface area contributed by atoms with Gasteiger partial charge in [-0.3, -0.25) is 19.2 Å². The molecule has 2 amide bonds. The molecule has 1 aliphatic heterocycles. The van der Waals surface area contributed by atoms with Crippen molar-refractivity contribution >= 4 is 40.0 Å². The summed E-state index contributed by atoms with van der Waals surface area (Å²) in [6.45, 7) is 13.5. The lowest BCUT2D eigenvalue weighted by molar-refractivity contribution is -0.138. The first-order valence-electron chi connectivity index (χ1n) is 16.1. The van der Waals surface area contributed by atoms with Crippen LogP contribution in [-0.2, 0) is 28.7 Å². The molecule has 14 heteroatoms. The van der Waals surface area contributed by atoms with Gasteiger partial charge in [-0.2, -0.15) is 13.2 Å². The third-order valence-corrected chi connectivity index (χ3v) is 9.13. The van der Waals surface area contributed by atoms with E-state index in [0.29, 0.717) is 40.4 Å². The first kappa shape index (κ1) is 40.1. The van der Waals surface area contributed by atoms with E-state index >= 15 is 0 Å². The predicted octanol–water partition coefficient (Wildman–Crippen LogP) is 5.91. The van der Waals surface area contributed by atoms with Gasteiger partial charge in [0, 0.05) is 47.7 Å². The summed E-state index contributed by atoms with van der Waals surface area (Å²) in [7, 11) is 1.64. The Morgan fingerprint density at radius 3 is 2.36 bits per heavy atom. The second-order valence-electron chi connectivity index (χ2n) is 12.7. The Hall–Kier alpha value is -4.30. The maximum Gasteiger partial charge on any atom is 0.417 e. The van der Waals surface area contributed by atoms with Crippen molar-refractivity contribution in [3.8, 4) is 5.69 Å². The van der Waals surface area contributed by atoms with Crippen LogP contribution in [0.5, 0.6) is 0 Å². The largest absolute Gasteiger partial charge is 0.417 e. The molecule has 0 saturated heterocycles. The molecule has 1 aliphatic rings. The minimum Gasteiger partial charge on any atom is -0.349 e. The summed E-state index contributed by atoms with van der Waals surface area (Å²) in [4.78, 5) is 58.1. The number of carbonyl (C=O) groups excluding carboxylic acids is 3. The summed E-state index contributed by atoms with van der Waals surface area (Å²) in [6.07, 6.45) is -1.21. The molecule has 2 aromatic carbocycles. The molecule has 3 unspecified atom stereocenters. The van der Waals surface area contributed by atoms with Gasteiger partial charge < -0.3 is 20.9 Å². The highest BCUT2D eigenvalue weighted by Gasteiger charge is 2.33. The molecule has 0 fully saturated rings. The van der Waals surface area contributed by atoms with Gasteiger partial charge in [-0.15, -0.1) is 6.58 Å². The first-order chi connectivity index (χ1) is 23.4. The molecule has 0 aliphatic carbocycles. The number of hydrogen-bond donors (Lipinski definition) is 2. The van der Waals surface area contributed by atoms with E-state index in [0.717, 1.165) is 12.5 Å². The normalized spacial score (nSPS) is 15.3. The van der Waals surface area contributed by atoms with Crippen molar-refractivity contribution in [2.45, 2.75) is 78.3 Å². The van der Waals surface area contributed by atoms with Gasteiger partial charge in [-0.1, -0.05) is 47.5 Å². The van der Waals surface area contributed by atoms with Crippen molar-refractivity contribution in [1.82, 2.24) is 19.4 Å². The van der Waals surface area contributed by atoms with Gasteiger partial charge in [0.25, 0.3) is 11.5 Å². The van der Waals surface area contributed by atoms with Crippen LogP contribution < -0.4 is 16.6 Å². The average molecular weight is 762 g/mol. The molecule has 10 nitrogen and oxygen atoms in total. The van der Waals surface area contributed by atoms with Gasteiger partial charge in [0.1, 0.15) is 0 Å². The minimum atomic E-state index is -4.27. The second-order valence-corrected chi connectivity index (χ2v) is 13.6. The topological polar surface area (TPSA) is 131 Å². The molecule has 0 saturated carbocycles. The van der Waals surface area contributed by atoms with Crippen LogP contribution in [0.15, 0.2) is 64.4 Å². The molecular weight excluding hydrogens is 717 g/mol. The number of benzene rings is 2. The Kier molecular flexibility index (Phi) is 13.7. The molecule has 50 heavy (non-hydrogen) atoms. The number of rotatable bonds is 11. The summed E-state index contributed by atoms with van der Waals surface area (Å²) >= 11 is 2.85. The number of carbonyl (C=O) groups is 3. The van der Waals surface area contributed by atoms with Crippen molar-refractivity contribution in [1.29, 1.82) is 0 Å². The summed E-state index contributed by atoms with van der Waals surface area (Å²) in [5.41, 5.74) is 7.79. The smallest absolute Gasteiger partial charge is 0.349 e. The zero-order chi connectivity index (χ0) is 37.5. The molecule has 0 bridgehead atoms. The number of alkyl halides is 3. The molecule has 0 spiro atoms. The highest BCUT2D eigenvalue weighted by molar-refractivity contribution is 9.10. The fourth-order valence-corrected chi connectivity index (χ4v) is 5.64. The van der Waals surface area contributed by atoms with Gasteiger partial charge in [-0.05, 0) is 69.5 Å². The quantitative estimate of drug-likeness (QED) is 0.184. The number of aryl methyl sites for hydroxylation is 1. The number of nitrogens with zero attached hydrogens (tertiary/aromatic N) is 4. The van der Waals surface area contributed by atoms with Crippen LogP contribution in [0, 0.1) is 12.8 Å². The zero-order valence-electron chi connectivity index (χ0n) is 29.1. The lowest BCUT2D eigenvalue weighted by atomic mass is 9.99. The van der Waals surface area contributed by atoms with Gasteiger partial charge in [0.15, 0.2) is 5.78 Å². The lowest BCUT2D eigenvalue weighted by Crippen LogP contribution is -2.42. The Morgan fingerprint density at radius 1 is 1.18 bits per heavy atom. The lowest BCUT2D eigenvalue weighted by Gasteiger charge is -2.31. The number of hydrogen-bond acceptors (Lipinski definition) is 7. The van der Waals surface area contributed by atoms with Crippen molar-refractivity contribution in [2.75, 3.05) is 18.9 Å². The number of Topliss-reactive ketones (excluding diaryl/α,β-unsaturated/α-hetero) is 1. The molecule has 2 heterocycles. The first-order valence-corrected chi connectivity index (χ1v) is 16.9. The maximum absolute atomic E-state index is 13.7. The summed E-state index contributed by atoms with van der Waals surface area (Å²) in [5, 5.41) is 3.20. The number of amides is 2. The van der Waals surface area contributed by atoms with Gasteiger partial charge >= 0.3 is 6.18 Å². The highest BCUT2D eigenvalue weighted by Crippen LogP contribution is 2.35. The fraction of sp³-hybridized carbons (Fsp3) is 0.417. The van der Waals surface area contributed by atoms with Crippen LogP contribution in [0.2, 0.25) is 0 Å². The molecule has 1 aromatic heterocycles. The van der Waals surface area contributed by atoms with Crippen LogP contribution in [0.25, 0.3) is 5.69 Å². The van der Waals surface area contributed by atoms with E-state index in [1.54, 1.807) is 55.3 Å². The van der Waals surface area contributed by atoms with Crippen molar-refractivity contribution in [2.24, 2.45) is 11.7 Å². The van der Waals surface area contributed by atoms with Crippen molar-refractivity contribution in [3.05, 3.63) is 97.9 Å². The van der Waals surface area contributed by atoms with E-state index in [1.807, 2.05) is 27.7 Å². The number of ketones is 1. The summed E-state index contributed by atoms with van der Waals surface area (Å²) in [6, 6.07) is 10.0. The highest BCUT2D eigenvalue weighted by atomic mass is 79.9. The van der Waals surface area contributed by atoms with Gasteiger partial charge in [-0.25, -0.2) is 9.55 Å². The number of anilines is 1. The Morgan fingerprint density at radius 2 is 1.82 bits per heavy atom. The van der Waals surface area contributed by atoms with Crippen LogP contribution in [0.3, 0.4) is 0 Å². The molecule has 3 N–H and O–H groups in total. The Bertz CT molecular complexity index is 1760. The number of fused-ring (bicyclic) bond motifs is 1. The monoisotopic (exact) mass is 760 g/mol. The number of nitrogens with one attached hydrogen (secondary N) is 1. The van der Waals surface area contributed by atoms with Crippen LogP contribution in [-0.4, -0.2) is 69.2 Å². The predicted molar refractivity (Wildman–Crippen MR) is 191 cm³/mol. The van der Waals surface area contributed by atoms with Gasteiger partial charge in [0.2, 0.25) is 12.4 Å². The standard InChI is InChI=1S/C28H38N6O4.C8H6BrF3/c1-7-18(4)30-28-31-23-15-33(16-35)19(5)14-22(23)27(38)34(28)21-10-8-20(9-11-21)26(37)32(6)13-12-24(36)25(29)17(2)3;1-5-2-3-7(9)6(4-5)8(10,11)12/h7-11,16-19,25H,1,12-15,29H2,2-6H3,(H,30,31);2-4H,1H3. The number of halogens is 4. The minimum absolute atomic E-state index is 0.0403. The van der Waals surface area contributed by atoms with E-state index in [9.17, 15) is 32.3 Å². The molecule has 270 valence electrons. The molecule has 3 atom stereocenters. The average Bonchev–Trinajstić information content (AvgIpc) is 3.07. The van der Waals surface area contributed by atoms with Crippen LogP contribution >= 0.6 is 15.9 Å². The molecule has 4 rings (SSSR count). The maximum atomic E-state index is 13.7. The van der Waals surface area contributed by atoms with E-state index in [1.165, 1.54) is 15.5 Å². The summed E-state index contributed by atoms with van der Waals surface area (Å²) in [5.74, 6) is 0.0599. The second kappa shape index (κ2) is 17.1. The SMILES string of the molecule is C=CC(C)Nc1nc2c(c(=O)n1-c1ccc(C(=O)N(C)CCC(=O)C(N)C(C)C)cc1)CC(C)N(C=O)C2.Cc1ccc(Br)c(C(F)(F)F)c1. The van der Waals surface area contributed by atoms with E-state index < -0.39 is 17.8 Å². The summed E-state index contributed by atoms with van der Waals surface area (Å²) < 4.78 is 38.2. The van der Waals surface area contributed by atoms with Crippen LogP contribution in [0.1, 0.15) is 66.9 Å². The number of nitrogens with two attached hydrogens (primary N) is 1. The Balaban J connectivity index is 0.000000474. The fourth-order valence-electron chi connectivity index (χ4n) is 5.17. The third kappa shape index (κ3) is 9.90. The van der Waals surface area contributed by atoms with E-state index in [4.69, 9.17) is 10.7 Å². The third-order valence-electron chi connectivity index (χ3n) is 8.44.